The molecular formula is C18H13IN2O. The average molecular weight is 400 g/mol. The van der Waals surface area contributed by atoms with Crippen molar-refractivity contribution in [3.05, 3.63) is 88.1 Å². The van der Waals surface area contributed by atoms with Crippen molar-refractivity contribution >= 4 is 40.0 Å². The van der Waals surface area contributed by atoms with Gasteiger partial charge < -0.3 is 0 Å². The molecule has 4 heteroatoms. The van der Waals surface area contributed by atoms with Crippen LogP contribution >= 0.6 is 22.6 Å². The minimum atomic E-state index is -0.0881. The molecule has 0 atom stereocenters. The maximum atomic E-state index is 13.0. The molecule has 0 aliphatic rings. The minimum Gasteiger partial charge on any atom is -0.268 e. The van der Waals surface area contributed by atoms with Crippen molar-refractivity contribution in [2.45, 2.75) is 0 Å². The Morgan fingerprint density at radius 3 is 2.23 bits per heavy atom. The molecule has 1 amide bonds. The first-order chi connectivity index (χ1) is 10.8. The van der Waals surface area contributed by atoms with Gasteiger partial charge in [0.25, 0.3) is 5.91 Å². The van der Waals surface area contributed by atoms with E-state index in [1.165, 1.54) is 0 Å². The van der Waals surface area contributed by atoms with E-state index in [9.17, 15) is 4.79 Å². The van der Waals surface area contributed by atoms with Crippen molar-refractivity contribution < 1.29 is 4.79 Å². The average Bonchev–Trinajstić information content (AvgIpc) is 2.57. The van der Waals surface area contributed by atoms with Crippen LogP contribution in [-0.4, -0.2) is 10.9 Å². The van der Waals surface area contributed by atoms with E-state index in [1.807, 2.05) is 72.8 Å². The number of anilines is 2. The lowest BCUT2D eigenvalue weighted by Crippen LogP contribution is -2.27. The van der Waals surface area contributed by atoms with Crippen LogP contribution in [0.3, 0.4) is 0 Å². The van der Waals surface area contributed by atoms with Crippen LogP contribution in [0.25, 0.3) is 0 Å². The molecule has 0 saturated heterocycles. The third-order valence-corrected chi connectivity index (χ3v) is 4.14. The number of aromatic nitrogens is 1. The zero-order valence-electron chi connectivity index (χ0n) is 11.7. The maximum Gasteiger partial charge on any atom is 0.265 e. The van der Waals surface area contributed by atoms with E-state index >= 15 is 0 Å². The largest absolute Gasteiger partial charge is 0.268 e. The van der Waals surface area contributed by atoms with E-state index in [1.54, 1.807) is 11.1 Å². The van der Waals surface area contributed by atoms with Gasteiger partial charge in [0, 0.05) is 9.77 Å². The number of hydrogen-bond acceptors (Lipinski definition) is 2. The molecule has 0 fully saturated rings. The van der Waals surface area contributed by atoms with Crippen LogP contribution in [-0.2, 0) is 0 Å². The molecule has 3 rings (SSSR count). The van der Waals surface area contributed by atoms with Gasteiger partial charge in [-0.3, -0.25) is 9.69 Å². The number of halogens is 1. The molecule has 2 aromatic carbocycles. The van der Waals surface area contributed by atoms with Crippen molar-refractivity contribution in [2.75, 3.05) is 4.90 Å². The van der Waals surface area contributed by atoms with Gasteiger partial charge in [0.1, 0.15) is 5.82 Å². The summed E-state index contributed by atoms with van der Waals surface area (Å²) in [4.78, 5) is 19.0. The third kappa shape index (κ3) is 3.01. The molecule has 0 aliphatic heterocycles. The summed E-state index contributed by atoms with van der Waals surface area (Å²) in [5, 5.41) is 0. The number of benzene rings is 2. The normalized spacial score (nSPS) is 10.2. The number of carbonyl (C=O) groups is 1. The molecule has 1 aromatic heterocycles. The molecule has 0 N–H and O–H groups in total. The van der Waals surface area contributed by atoms with Crippen LogP contribution in [0.2, 0.25) is 0 Å². The number of pyridine rings is 1. The quantitative estimate of drug-likeness (QED) is 0.599. The van der Waals surface area contributed by atoms with Gasteiger partial charge in [0.05, 0.1) is 11.3 Å². The summed E-state index contributed by atoms with van der Waals surface area (Å²) in [6.45, 7) is 0. The summed E-state index contributed by atoms with van der Waals surface area (Å²) in [5.41, 5.74) is 1.46. The van der Waals surface area contributed by atoms with E-state index in [0.29, 0.717) is 11.4 Å². The Balaban J connectivity index is 2.11. The standard InChI is InChI=1S/C18H13IN2O/c19-16-11-5-4-10-15(16)18(22)21(14-8-2-1-3-9-14)17-12-6-7-13-20-17/h1-13H. The molecule has 3 nitrogen and oxygen atoms in total. The molecule has 22 heavy (non-hydrogen) atoms. The first-order valence-corrected chi connectivity index (χ1v) is 7.90. The topological polar surface area (TPSA) is 33.2 Å². The Hall–Kier alpha value is -2.21. The second-order valence-corrected chi connectivity index (χ2v) is 5.81. The molecular weight excluding hydrogens is 387 g/mol. The van der Waals surface area contributed by atoms with Gasteiger partial charge in [-0.25, -0.2) is 4.98 Å². The van der Waals surface area contributed by atoms with Gasteiger partial charge in [-0.15, -0.1) is 0 Å². The lowest BCUT2D eigenvalue weighted by Gasteiger charge is -2.22. The van der Waals surface area contributed by atoms with Gasteiger partial charge in [-0.2, -0.15) is 0 Å². The number of rotatable bonds is 3. The Morgan fingerprint density at radius 2 is 1.55 bits per heavy atom. The number of hydrogen-bond donors (Lipinski definition) is 0. The minimum absolute atomic E-state index is 0.0881. The highest BCUT2D eigenvalue weighted by Crippen LogP contribution is 2.26. The van der Waals surface area contributed by atoms with Crippen molar-refractivity contribution in [2.24, 2.45) is 0 Å². The van der Waals surface area contributed by atoms with E-state index < -0.39 is 0 Å². The number of para-hydroxylation sites is 1. The number of nitrogens with zero attached hydrogens (tertiary/aromatic N) is 2. The summed E-state index contributed by atoms with van der Waals surface area (Å²) in [6, 6.07) is 22.7. The predicted molar refractivity (Wildman–Crippen MR) is 96.3 cm³/mol. The van der Waals surface area contributed by atoms with E-state index in [0.717, 1.165) is 9.26 Å². The molecule has 0 spiro atoms. The fourth-order valence-corrected chi connectivity index (χ4v) is 2.79. The molecule has 0 unspecified atom stereocenters. The number of carbonyl (C=O) groups excluding carboxylic acids is 1. The van der Waals surface area contributed by atoms with Crippen molar-refractivity contribution in [3.8, 4) is 0 Å². The fourth-order valence-electron chi connectivity index (χ4n) is 2.17. The number of amides is 1. The summed E-state index contributed by atoms with van der Waals surface area (Å²) in [7, 11) is 0. The Labute approximate surface area is 142 Å². The third-order valence-electron chi connectivity index (χ3n) is 3.20. The summed E-state index contributed by atoms with van der Waals surface area (Å²) >= 11 is 2.18. The lowest BCUT2D eigenvalue weighted by molar-refractivity contribution is 0.0998. The van der Waals surface area contributed by atoms with Crippen LogP contribution < -0.4 is 4.90 Å². The smallest absolute Gasteiger partial charge is 0.265 e. The highest BCUT2D eigenvalue weighted by atomic mass is 127. The van der Waals surface area contributed by atoms with E-state index in [-0.39, 0.29) is 5.91 Å². The van der Waals surface area contributed by atoms with E-state index in [2.05, 4.69) is 27.6 Å². The van der Waals surface area contributed by atoms with Gasteiger partial charge in [0.2, 0.25) is 0 Å². The molecule has 1 heterocycles. The highest BCUT2D eigenvalue weighted by molar-refractivity contribution is 14.1. The van der Waals surface area contributed by atoms with Crippen LogP contribution in [0.1, 0.15) is 10.4 Å². The van der Waals surface area contributed by atoms with Crippen LogP contribution in [0.4, 0.5) is 11.5 Å². The highest BCUT2D eigenvalue weighted by Gasteiger charge is 2.22. The predicted octanol–water partition coefficient (Wildman–Crippen LogP) is 4.66. The van der Waals surface area contributed by atoms with Gasteiger partial charge in [0.15, 0.2) is 0 Å². The molecule has 0 bridgehead atoms. The van der Waals surface area contributed by atoms with Crippen molar-refractivity contribution in [1.82, 2.24) is 4.98 Å². The van der Waals surface area contributed by atoms with Gasteiger partial charge >= 0.3 is 0 Å². The molecule has 3 aromatic rings. The molecule has 0 saturated carbocycles. The zero-order valence-corrected chi connectivity index (χ0v) is 13.8. The fraction of sp³-hybridized carbons (Fsp3) is 0. The molecule has 0 aliphatic carbocycles. The van der Waals surface area contributed by atoms with Gasteiger partial charge in [-0.1, -0.05) is 36.4 Å². The van der Waals surface area contributed by atoms with Crippen LogP contribution in [0.15, 0.2) is 79.0 Å². The van der Waals surface area contributed by atoms with Crippen molar-refractivity contribution in [1.29, 1.82) is 0 Å². The second-order valence-electron chi connectivity index (χ2n) is 4.64. The summed E-state index contributed by atoms with van der Waals surface area (Å²) in [6.07, 6.45) is 1.69. The first-order valence-electron chi connectivity index (χ1n) is 6.82. The van der Waals surface area contributed by atoms with Crippen LogP contribution in [0.5, 0.6) is 0 Å². The SMILES string of the molecule is O=C(c1ccccc1I)N(c1ccccc1)c1ccccn1. The van der Waals surface area contributed by atoms with Crippen LogP contribution in [0, 0.1) is 3.57 Å². The van der Waals surface area contributed by atoms with Crippen molar-refractivity contribution in [3.63, 3.8) is 0 Å². The molecule has 0 radical (unpaired) electrons. The first kappa shape index (κ1) is 14.7. The second kappa shape index (κ2) is 6.70. The summed E-state index contributed by atoms with van der Waals surface area (Å²) < 4.78 is 0.918. The molecule has 108 valence electrons. The van der Waals surface area contributed by atoms with Gasteiger partial charge in [-0.05, 0) is 59.0 Å². The zero-order chi connectivity index (χ0) is 15.4. The monoisotopic (exact) mass is 400 g/mol. The Morgan fingerprint density at radius 1 is 0.864 bits per heavy atom. The van der Waals surface area contributed by atoms with E-state index in [4.69, 9.17) is 0 Å². The Bertz CT molecular complexity index is 736. The maximum absolute atomic E-state index is 13.0. The Kier molecular flexibility index (Phi) is 4.48. The summed E-state index contributed by atoms with van der Waals surface area (Å²) in [5.74, 6) is 0.522. The lowest BCUT2D eigenvalue weighted by atomic mass is 10.1.